The van der Waals surface area contributed by atoms with Gasteiger partial charge in [0.15, 0.2) is 0 Å². The van der Waals surface area contributed by atoms with Crippen molar-refractivity contribution in [3.05, 3.63) is 13.0 Å². The molecule has 2 rings (SSSR count). The van der Waals surface area contributed by atoms with Crippen LogP contribution in [-0.4, -0.2) is 58.7 Å². The summed E-state index contributed by atoms with van der Waals surface area (Å²) in [6.07, 6.45) is -1.28. The first-order valence-electron chi connectivity index (χ1n) is 6.25. The largest absolute Gasteiger partial charge is 0.548 e. The van der Waals surface area contributed by atoms with E-state index in [0.29, 0.717) is 6.42 Å². The Kier molecular flexibility index (Phi) is 11.2. The Balaban J connectivity index is 0.00000180. The summed E-state index contributed by atoms with van der Waals surface area (Å²) < 4.78 is 16.1. The number of hydrogen-bond donors (Lipinski definition) is 3. The van der Waals surface area contributed by atoms with Crippen molar-refractivity contribution >= 4 is 0 Å². The minimum absolute atomic E-state index is 0. The second-order valence-electron chi connectivity index (χ2n) is 4.66. The van der Waals surface area contributed by atoms with Crippen molar-refractivity contribution in [1.82, 2.24) is 0 Å². The van der Waals surface area contributed by atoms with E-state index in [2.05, 4.69) is 0 Å². The molecular weight excluding hydrogens is 513 g/mol. The van der Waals surface area contributed by atoms with Crippen molar-refractivity contribution in [1.29, 1.82) is 0 Å². The van der Waals surface area contributed by atoms with E-state index in [1.54, 1.807) is 0 Å². The maximum Gasteiger partial charge on any atom is 0.100 e. The quantitative estimate of drug-likeness (QED) is 0.420. The van der Waals surface area contributed by atoms with E-state index in [1.165, 1.54) is 13.0 Å². The molecule has 0 saturated carbocycles. The number of rotatable bonds is 3. The van der Waals surface area contributed by atoms with E-state index in [4.69, 9.17) is 14.2 Å². The zero-order valence-electron chi connectivity index (χ0n) is 11.3. The Morgan fingerprint density at radius 3 is 2.65 bits per heavy atom. The normalized spacial score (nSPS) is 41.4. The van der Waals surface area contributed by atoms with Crippen LogP contribution in [0.1, 0.15) is 19.8 Å². The second kappa shape index (κ2) is 10.3. The third kappa shape index (κ3) is 5.98. The molecule has 2 fully saturated rings. The molecule has 115 valence electrons. The van der Waals surface area contributed by atoms with Gasteiger partial charge in [-0.05, 0) is 18.9 Å². The van der Waals surface area contributed by atoms with Gasteiger partial charge in [-0.3, -0.25) is 0 Å². The van der Waals surface area contributed by atoms with Gasteiger partial charge < -0.3 is 29.5 Å². The van der Waals surface area contributed by atoms with Crippen LogP contribution >= 0.6 is 0 Å². The van der Waals surface area contributed by atoms with Crippen LogP contribution in [0.4, 0.5) is 0 Å². The summed E-state index contributed by atoms with van der Waals surface area (Å²) >= 11 is 0. The standard InChI is InChI=1S/C12H20O6.W.Y/c1-2-8-3-7(13)4-11(17-8)18-10-6-16-5-9(14)12(10)15;;/h4,6-15H,2-3,5H2,1H3;;/q-2;;. The van der Waals surface area contributed by atoms with Gasteiger partial charge in [-0.15, -0.1) is 0 Å². The maximum atomic E-state index is 9.74. The van der Waals surface area contributed by atoms with E-state index in [1.807, 2.05) is 6.92 Å². The van der Waals surface area contributed by atoms with Crippen LogP contribution in [0.5, 0.6) is 0 Å². The monoisotopic (exact) mass is 533 g/mol. The van der Waals surface area contributed by atoms with Gasteiger partial charge in [-0.2, -0.15) is 6.61 Å². The van der Waals surface area contributed by atoms with Crippen molar-refractivity contribution in [3.63, 3.8) is 0 Å². The molecule has 0 aliphatic carbocycles. The van der Waals surface area contributed by atoms with E-state index >= 15 is 0 Å². The van der Waals surface area contributed by atoms with Crippen LogP contribution in [0.15, 0.2) is 0 Å². The third-order valence-electron chi connectivity index (χ3n) is 3.19. The molecule has 2 aliphatic heterocycles. The molecule has 8 heteroatoms. The van der Waals surface area contributed by atoms with Crippen LogP contribution in [0.3, 0.4) is 0 Å². The van der Waals surface area contributed by atoms with Gasteiger partial charge in [-0.1, -0.05) is 13.0 Å². The zero-order chi connectivity index (χ0) is 13.1. The summed E-state index contributed by atoms with van der Waals surface area (Å²) in [7, 11) is 0. The van der Waals surface area contributed by atoms with E-state index in [9.17, 15) is 15.3 Å². The molecule has 20 heavy (non-hydrogen) atoms. The molecule has 2 aliphatic rings. The van der Waals surface area contributed by atoms with Crippen molar-refractivity contribution in [2.75, 3.05) is 6.61 Å². The summed E-state index contributed by atoms with van der Waals surface area (Å²) in [5.41, 5.74) is 0. The first-order valence-corrected chi connectivity index (χ1v) is 6.25. The van der Waals surface area contributed by atoms with Crippen LogP contribution in [0.25, 0.3) is 0 Å². The summed E-state index contributed by atoms with van der Waals surface area (Å²) in [6, 6.07) is 0. The van der Waals surface area contributed by atoms with Gasteiger partial charge in [0.05, 0.1) is 12.2 Å². The average molecular weight is 533 g/mol. The van der Waals surface area contributed by atoms with Gasteiger partial charge in [0.25, 0.3) is 0 Å². The van der Waals surface area contributed by atoms with E-state index in [-0.39, 0.29) is 66.5 Å². The van der Waals surface area contributed by atoms with Gasteiger partial charge in [0.1, 0.15) is 6.10 Å². The topological polar surface area (TPSA) is 88.4 Å². The Hall–Kier alpha value is 1.55. The first kappa shape index (κ1) is 21.6. The van der Waals surface area contributed by atoms with Crippen molar-refractivity contribution in [3.8, 4) is 0 Å². The fraction of sp³-hybridized carbons (Fsp3) is 0.833. The Morgan fingerprint density at radius 1 is 1.30 bits per heavy atom. The molecule has 0 bridgehead atoms. The Bertz CT molecular complexity index is 272. The SMILES string of the molecule is CCC1CC(O)[CH-]C(OC2[CH-]OCC(O)C2O)O1.[W].[Y]. The summed E-state index contributed by atoms with van der Waals surface area (Å²) in [5, 5.41) is 28.9. The minimum atomic E-state index is -1.05. The fourth-order valence-electron chi connectivity index (χ4n) is 2.07. The maximum absolute atomic E-state index is 9.74. The van der Waals surface area contributed by atoms with Crippen LogP contribution < -0.4 is 0 Å². The molecule has 0 amide bonds. The Morgan fingerprint density at radius 2 is 2.00 bits per heavy atom. The molecule has 6 unspecified atom stereocenters. The van der Waals surface area contributed by atoms with Gasteiger partial charge >= 0.3 is 0 Å². The first-order chi connectivity index (χ1) is 8.60. The van der Waals surface area contributed by atoms with Crippen molar-refractivity contribution in [2.45, 2.75) is 56.6 Å². The molecular formula is C12H20O6WY-2. The predicted molar refractivity (Wildman–Crippen MR) is 61.0 cm³/mol. The van der Waals surface area contributed by atoms with E-state index < -0.39 is 30.7 Å². The molecule has 0 aromatic heterocycles. The summed E-state index contributed by atoms with van der Waals surface area (Å²) in [4.78, 5) is 0. The smallest absolute Gasteiger partial charge is 0.100 e. The Labute approximate surface area is 158 Å². The van der Waals surface area contributed by atoms with Crippen molar-refractivity contribution < 1.29 is 83.3 Å². The molecule has 6 nitrogen and oxygen atoms in total. The molecule has 3 N–H and O–H groups in total. The predicted octanol–water partition coefficient (Wildman–Crippen LogP) is -0.629. The van der Waals surface area contributed by atoms with E-state index in [0.717, 1.165) is 6.42 Å². The molecule has 0 aromatic rings. The zero-order valence-corrected chi connectivity index (χ0v) is 17.1. The van der Waals surface area contributed by atoms with Crippen LogP contribution in [0.2, 0.25) is 0 Å². The number of aliphatic hydroxyl groups excluding tert-OH is 3. The summed E-state index contributed by atoms with van der Waals surface area (Å²) in [6.45, 7) is 3.36. The summed E-state index contributed by atoms with van der Waals surface area (Å²) in [5.74, 6) is 0. The number of aliphatic hydroxyl groups is 3. The number of ether oxygens (including phenoxy) is 3. The average Bonchev–Trinajstić information content (AvgIpc) is 2.34. The van der Waals surface area contributed by atoms with Crippen molar-refractivity contribution in [2.24, 2.45) is 0 Å². The fourth-order valence-corrected chi connectivity index (χ4v) is 2.07. The van der Waals surface area contributed by atoms with Gasteiger partial charge in [0, 0.05) is 66.7 Å². The molecule has 2 heterocycles. The third-order valence-corrected chi connectivity index (χ3v) is 3.19. The number of hydrogen-bond acceptors (Lipinski definition) is 6. The molecule has 2 saturated heterocycles. The van der Waals surface area contributed by atoms with Crippen LogP contribution in [-0.2, 0) is 68.0 Å². The molecule has 1 radical (unpaired) electrons. The van der Waals surface area contributed by atoms with Gasteiger partial charge in [-0.25, -0.2) is 6.42 Å². The van der Waals surface area contributed by atoms with Gasteiger partial charge in [0.2, 0.25) is 0 Å². The molecule has 0 spiro atoms. The molecule has 6 atom stereocenters. The second-order valence-corrected chi connectivity index (χ2v) is 4.66. The minimum Gasteiger partial charge on any atom is -0.548 e. The molecule has 0 aromatic carbocycles. The van der Waals surface area contributed by atoms with Crippen LogP contribution in [0, 0.1) is 13.0 Å².